The van der Waals surface area contributed by atoms with Gasteiger partial charge in [0.25, 0.3) is 0 Å². The molecule has 15 heavy (non-hydrogen) atoms. The number of aromatic nitrogens is 1. The zero-order chi connectivity index (χ0) is 10.9. The second-order valence-corrected chi connectivity index (χ2v) is 4.16. The van der Waals surface area contributed by atoms with Crippen LogP contribution in [0, 0.1) is 12.3 Å². The molecule has 80 valence electrons. The smallest absolute Gasteiger partial charge is 0.311 e. The van der Waals surface area contributed by atoms with E-state index < -0.39 is 11.4 Å². The number of carboxylic acid groups (broad SMARTS) is 1. The Labute approximate surface area is 88.3 Å². The van der Waals surface area contributed by atoms with Crippen LogP contribution in [0.3, 0.4) is 0 Å². The molecule has 0 unspecified atom stereocenters. The zero-order valence-electron chi connectivity index (χ0n) is 8.66. The minimum atomic E-state index is -0.706. The first kappa shape index (κ1) is 9.96. The Morgan fingerprint density at radius 3 is 2.80 bits per heavy atom. The molecule has 0 amide bonds. The summed E-state index contributed by atoms with van der Waals surface area (Å²) >= 11 is 0. The van der Waals surface area contributed by atoms with Crippen molar-refractivity contribution in [2.45, 2.75) is 19.8 Å². The van der Waals surface area contributed by atoms with Crippen molar-refractivity contribution in [3.63, 3.8) is 0 Å². The van der Waals surface area contributed by atoms with Crippen molar-refractivity contribution >= 4 is 11.8 Å². The van der Waals surface area contributed by atoms with Crippen molar-refractivity contribution in [2.24, 2.45) is 5.41 Å². The number of hydrogen-bond donors (Lipinski definition) is 2. The Kier molecular flexibility index (Phi) is 2.34. The first-order valence-electron chi connectivity index (χ1n) is 5.02. The number of aryl methyl sites for hydroxylation is 1. The summed E-state index contributed by atoms with van der Waals surface area (Å²) < 4.78 is 0. The maximum atomic E-state index is 10.9. The lowest BCUT2D eigenvalue weighted by atomic mass is 10.1. The normalized spacial score (nSPS) is 17.1. The van der Waals surface area contributed by atoms with E-state index in [1.54, 1.807) is 6.20 Å². The van der Waals surface area contributed by atoms with E-state index in [1.165, 1.54) is 0 Å². The van der Waals surface area contributed by atoms with Gasteiger partial charge in [-0.3, -0.25) is 4.79 Å². The molecule has 0 bridgehead atoms. The molecule has 0 aromatic carbocycles. The van der Waals surface area contributed by atoms with Crippen LogP contribution in [0.25, 0.3) is 0 Å². The van der Waals surface area contributed by atoms with Gasteiger partial charge in [0.1, 0.15) is 5.82 Å². The highest BCUT2D eigenvalue weighted by molar-refractivity contribution is 5.78. The Balaban J connectivity index is 1.94. The lowest BCUT2D eigenvalue weighted by Crippen LogP contribution is -2.24. The molecule has 1 heterocycles. The van der Waals surface area contributed by atoms with Gasteiger partial charge in [0.15, 0.2) is 0 Å². The van der Waals surface area contributed by atoms with Crippen molar-refractivity contribution < 1.29 is 9.90 Å². The lowest BCUT2D eigenvalue weighted by molar-refractivity contribution is -0.142. The Hall–Kier alpha value is -1.58. The van der Waals surface area contributed by atoms with E-state index in [0.29, 0.717) is 6.54 Å². The van der Waals surface area contributed by atoms with Gasteiger partial charge < -0.3 is 10.4 Å². The van der Waals surface area contributed by atoms with Crippen molar-refractivity contribution in [3.8, 4) is 0 Å². The van der Waals surface area contributed by atoms with Gasteiger partial charge in [0, 0.05) is 12.7 Å². The van der Waals surface area contributed by atoms with Crippen LogP contribution in [0.1, 0.15) is 18.4 Å². The number of carboxylic acids is 1. The van der Waals surface area contributed by atoms with Crippen LogP contribution >= 0.6 is 0 Å². The number of pyridine rings is 1. The zero-order valence-corrected chi connectivity index (χ0v) is 8.66. The van der Waals surface area contributed by atoms with Crippen LogP contribution in [0.15, 0.2) is 18.3 Å². The van der Waals surface area contributed by atoms with Gasteiger partial charge in [-0.15, -0.1) is 0 Å². The van der Waals surface area contributed by atoms with E-state index >= 15 is 0 Å². The van der Waals surface area contributed by atoms with Gasteiger partial charge in [-0.05, 0) is 31.4 Å². The molecule has 0 spiro atoms. The van der Waals surface area contributed by atoms with Crippen LogP contribution in [-0.4, -0.2) is 22.6 Å². The van der Waals surface area contributed by atoms with E-state index in [4.69, 9.17) is 5.11 Å². The quantitative estimate of drug-likeness (QED) is 0.786. The third kappa shape index (κ3) is 2.09. The molecular weight excluding hydrogens is 192 g/mol. The fourth-order valence-corrected chi connectivity index (χ4v) is 1.45. The molecule has 2 N–H and O–H groups in total. The third-order valence-corrected chi connectivity index (χ3v) is 2.83. The van der Waals surface area contributed by atoms with Crippen LogP contribution in [0.5, 0.6) is 0 Å². The van der Waals surface area contributed by atoms with Crippen molar-refractivity contribution in [1.29, 1.82) is 0 Å². The molecule has 0 saturated heterocycles. The number of nitrogens with one attached hydrogen (secondary N) is 1. The predicted octanol–water partition coefficient (Wildman–Crippen LogP) is 1.67. The highest BCUT2D eigenvalue weighted by Gasteiger charge is 2.50. The maximum absolute atomic E-state index is 10.9. The monoisotopic (exact) mass is 206 g/mol. The molecule has 1 aromatic rings. The molecule has 1 aliphatic rings. The van der Waals surface area contributed by atoms with Crippen LogP contribution in [0.4, 0.5) is 5.82 Å². The summed E-state index contributed by atoms with van der Waals surface area (Å²) in [6.07, 6.45) is 3.30. The summed E-state index contributed by atoms with van der Waals surface area (Å²) in [5.74, 6) is 0.0373. The second kappa shape index (κ2) is 3.53. The summed E-state index contributed by atoms with van der Waals surface area (Å²) in [4.78, 5) is 15.1. The summed E-state index contributed by atoms with van der Waals surface area (Å²) in [5.41, 5.74) is 0.562. The molecule has 1 aliphatic carbocycles. The fourth-order valence-electron chi connectivity index (χ4n) is 1.45. The fraction of sp³-hybridized carbons (Fsp3) is 0.455. The molecular formula is C11H14N2O2. The summed E-state index contributed by atoms with van der Waals surface area (Å²) in [5, 5.41) is 12.0. The standard InChI is InChI=1S/C11H14N2O2/c1-8-2-3-9(12-6-8)13-7-11(4-5-11)10(14)15/h2-3,6H,4-5,7H2,1H3,(H,12,13)(H,14,15). The predicted molar refractivity (Wildman–Crippen MR) is 56.8 cm³/mol. The molecule has 4 heteroatoms. The van der Waals surface area contributed by atoms with E-state index in [0.717, 1.165) is 24.2 Å². The van der Waals surface area contributed by atoms with E-state index in [9.17, 15) is 4.79 Å². The molecule has 0 radical (unpaired) electrons. The highest BCUT2D eigenvalue weighted by atomic mass is 16.4. The maximum Gasteiger partial charge on any atom is 0.311 e. The topological polar surface area (TPSA) is 62.2 Å². The van der Waals surface area contributed by atoms with Crippen molar-refractivity contribution in [2.75, 3.05) is 11.9 Å². The largest absolute Gasteiger partial charge is 0.481 e. The van der Waals surface area contributed by atoms with E-state index in [-0.39, 0.29) is 0 Å². The number of carbonyl (C=O) groups is 1. The highest BCUT2D eigenvalue weighted by Crippen LogP contribution is 2.45. The SMILES string of the molecule is Cc1ccc(NCC2(C(=O)O)CC2)nc1. The van der Waals surface area contributed by atoms with Gasteiger partial charge in [0.2, 0.25) is 0 Å². The molecule has 0 atom stereocenters. The van der Waals surface area contributed by atoms with Crippen LogP contribution in [0.2, 0.25) is 0 Å². The van der Waals surface area contributed by atoms with Crippen LogP contribution in [-0.2, 0) is 4.79 Å². The average Bonchev–Trinajstić information content (AvgIpc) is 2.98. The van der Waals surface area contributed by atoms with Gasteiger partial charge in [-0.25, -0.2) is 4.98 Å². The van der Waals surface area contributed by atoms with Gasteiger partial charge in [-0.1, -0.05) is 6.07 Å². The Bertz CT molecular complexity index is 369. The Morgan fingerprint density at radius 1 is 1.60 bits per heavy atom. The van der Waals surface area contributed by atoms with Gasteiger partial charge >= 0.3 is 5.97 Å². The summed E-state index contributed by atoms with van der Waals surface area (Å²) in [6, 6.07) is 3.82. The minimum absolute atomic E-state index is 0.471. The average molecular weight is 206 g/mol. The number of nitrogens with zero attached hydrogens (tertiary/aromatic N) is 1. The lowest BCUT2D eigenvalue weighted by Gasteiger charge is -2.11. The van der Waals surface area contributed by atoms with Gasteiger partial charge in [0.05, 0.1) is 5.41 Å². The molecule has 1 saturated carbocycles. The molecule has 0 aliphatic heterocycles. The van der Waals surface area contributed by atoms with E-state index in [1.807, 2.05) is 19.1 Å². The number of aliphatic carboxylic acids is 1. The number of rotatable bonds is 4. The molecule has 2 rings (SSSR count). The first-order chi connectivity index (χ1) is 7.12. The second-order valence-electron chi connectivity index (χ2n) is 4.16. The molecule has 4 nitrogen and oxygen atoms in total. The molecule has 1 fully saturated rings. The number of hydrogen-bond acceptors (Lipinski definition) is 3. The molecule has 1 aromatic heterocycles. The van der Waals surface area contributed by atoms with Gasteiger partial charge in [-0.2, -0.15) is 0 Å². The minimum Gasteiger partial charge on any atom is -0.481 e. The Morgan fingerprint density at radius 2 is 2.33 bits per heavy atom. The first-order valence-corrected chi connectivity index (χ1v) is 5.02. The van der Waals surface area contributed by atoms with Crippen molar-refractivity contribution in [3.05, 3.63) is 23.9 Å². The van der Waals surface area contributed by atoms with E-state index in [2.05, 4.69) is 10.3 Å². The number of anilines is 1. The van der Waals surface area contributed by atoms with Crippen molar-refractivity contribution in [1.82, 2.24) is 4.98 Å². The summed E-state index contributed by atoms with van der Waals surface area (Å²) in [7, 11) is 0. The van der Waals surface area contributed by atoms with Crippen LogP contribution < -0.4 is 5.32 Å². The summed E-state index contributed by atoms with van der Waals surface area (Å²) in [6.45, 7) is 2.44. The third-order valence-electron chi connectivity index (χ3n) is 2.83.